The Labute approximate surface area is 108 Å². The summed E-state index contributed by atoms with van der Waals surface area (Å²) in [6, 6.07) is 0.00551. The van der Waals surface area contributed by atoms with Gasteiger partial charge in [-0.05, 0) is 12.8 Å². The van der Waals surface area contributed by atoms with Gasteiger partial charge >= 0.3 is 5.97 Å². The number of carboxylic acids is 1. The monoisotopic (exact) mass is 266 g/mol. The molecule has 2 saturated heterocycles. The molecule has 1 aromatic heterocycles. The molecule has 8 nitrogen and oxygen atoms in total. The van der Waals surface area contributed by atoms with Gasteiger partial charge in [-0.2, -0.15) is 0 Å². The van der Waals surface area contributed by atoms with Crippen molar-refractivity contribution in [1.82, 2.24) is 19.9 Å². The standard InChI is InChI=1S/C11H14N4O4/c16-10(9-2-1-3-19-9)14-4-7(5-14)15-6-8(11(17)18)12-13-15/h6-7,9H,1-5H2,(H,17,18). The predicted molar refractivity (Wildman–Crippen MR) is 61.6 cm³/mol. The first kappa shape index (κ1) is 12.1. The molecule has 1 N–H and O–H groups in total. The van der Waals surface area contributed by atoms with Crippen molar-refractivity contribution < 1.29 is 19.4 Å². The summed E-state index contributed by atoms with van der Waals surface area (Å²) >= 11 is 0. The number of likely N-dealkylation sites (tertiary alicyclic amines) is 1. The second kappa shape index (κ2) is 4.61. The number of amides is 1. The Morgan fingerprint density at radius 3 is 2.79 bits per heavy atom. The van der Waals surface area contributed by atoms with Crippen LogP contribution in [0.3, 0.4) is 0 Å². The normalized spacial score (nSPS) is 23.4. The Morgan fingerprint density at radius 1 is 1.42 bits per heavy atom. The summed E-state index contributed by atoms with van der Waals surface area (Å²) in [6.07, 6.45) is 2.80. The molecule has 1 unspecified atom stereocenters. The molecule has 8 heteroatoms. The van der Waals surface area contributed by atoms with Gasteiger partial charge in [-0.25, -0.2) is 9.48 Å². The van der Waals surface area contributed by atoms with Crippen LogP contribution >= 0.6 is 0 Å². The molecule has 2 aliphatic rings. The van der Waals surface area contributed by atoms with E-state index in [4.69, 9.17) is 9.84 Å². The summed E-state index contributed by atoms with van der Waals surface area (Å²) in [4.78, 5) is 24.4. The number of nitrogens with zero attached hydrogens (tertiary/aromatic N) is 4. The number of aromatic nitrogens is 3. The summed E-state index contributed by atoms with van der Waals surface area (Å²) in [5, 5.41) is 16.1. The van der Waals surface area contributed by atoms with Gasteiger partial charge in [0, 0.05) is 19.7 Å². The second-order valence-corrected chi connectivity index (χ2v) is 4.79. The molecule has 19 heavy (non-hydrogen) atoms. The van der Waals surface area contributed by atoms with E-state index in [1.54, 1.807) is 4.90 Å². The van der Waals surface area contributed by atoms with E-state index in [2.05, 4.69) is 10.3 Å². The van der Waals surface area contributed by atoms with Crippen LogP contribution in [0.2, 0.25) is 0 Å². The zero-order chi connectivity index (χ0) is 13.4. The van der Waals surface area contributed by atoms with Gasteiger partial charge in [0.25, 0.3) is 5.91 Å². The smallest absolute Gasteiger partial charge is 0.358 e. The number of carbonyl (C=O) groups is 2. The third-order valence-electron chi connectivity index (χ3n) is 3.48. The molecule has 102 valence electrons. The van der Waals surface area contributed by atoms with Crippen LogP contribution in [0.4, 0.5) is 0 Å². The maximum Gasteiger partial charge on any atom is 0.358 e. The Bertz CT molecular complexity index is 503. The first-order valence-corrected chi connectivity index (χ1v) is 6.20. The SMILES string of the molecule is O=C(O)c1cn(C2CN(C(=O)C3CCCO3)C2)nn1. The molecule has 0 bridgehead atoms. The summed E-state index contributed by atoms with van der Waals surface area (Å²) in [5.74, 6) is -1.08. The minimum atomic E-state index is -1.10. The largest absolute Gasteiger partial charge is 0.476 e. The third-order valence-corrected chi connectivity index (χ3v) is 3.48. The van der Waals surface area contributed by atoms with Crippen LogP contribution in [-0.4, -0.2) is 62.7 Å². The molecule has 0 radical (unpaired) electrons. The molecule has 0 saturated carbocycles. The molecule has 1 aromatic rings. The van der Waals surface area contributed by atoms with Crippen LogP contribution in [0.15, 0.2) is 6.20 Å². The highest BCUT2D eigenvalue weighted by atomic mass is 16.5. The van der Waals surface area contributed by atoms with Crippen molar-refractivity contribution in [2.24, 2.45) is 0 Å². The van der Waals surface area contributed by atoms with E-state index in [-0.39, 0.29) is 23.7 Å². The van der Waals surface area contributed by atoms with E-state index in [1.807, 2.05) is 0 Å². The molecule has 2 aliphatic heterocycles. The van der Waals surface area contributed by atoms with Gasteiger partial charge in [-0.15, -0.1) is 5.10 Å². The van der Waals surface area contributed by atoms with Gasteiger partial charge in [0.1, 0.15) is 6.10 Å². The van der Waals surface area contributed by atoms with E-state index in [9.17, 15) is 9.59 Å². The fourth-order valence-electron chi connectivity index (χ4n) is 2.33. The van der Waals surface area contributed by atoms with Crippen molar-refractivity contribution in [3.63, 3.8) is 0 Å². The van der Waals surface area contributed by atoms with Gasteiger partial charge in [-0.1, -0.05) is 5.21 Å². The van der Waals surface area contributed by atoms with Crippen molar-refractivity contribution in [1.29, 1.82) is 0 Å². The van der Waals surface area contributed by atoms with Crippen molar-refractivity contribution in [2.75, 3.05) is 19.7 Å². The van der Waals surface area contributed by atoms with Crippen molar-refractivity contribution >= 4 is 11.9 Å². The Balaban J connectivity index is 1.56. The van der Waals surface area contributed by atoms with Crippen LogP contribution in [0, 0.1) is 0 Å². The molecule has 3 heterocycles. The zero-order valence-corrected chi connectivity index (χ0v) is 10.2. The van der Waals surface area contributed by atoms with Gasteiger partial charge in [0.15, 0.2) is 5.69 Å². The van der Waals surface area contributed by atoms with E-state index >= 15 is 0 Å². The molecule has 2 fully saturated rings. The number of aromatic carboxylic acids is 1. The summed E-state index contributed by atoms with van der Waals surface area (Å²) in [6.45, 7) is 1.71. The number of carbonyl (C=O) groups excluding carboxylic acids is 1. The first-order chi connectivity index (χ1) is 9.15. The molecule has 0 spiro atoms. The summed E-state index contributed by atoms with van der Waals surface area (Å²) < 4.78 is 6.85. The van der Waals surface area contributed by atoms with E-state index in [0.717, 1.165) is 12.8 Å². The van der Waals surface area contributed by atoms with Gasteiger partial charge in [-0.3, -0.25) is 4.79 Å². The Morgan fingerprint density at radius 2 is 2.21 bits per heavy atom. The lowest BCUT2D eigenvalue weighted by Gasteiger charge is -2.39. The predicted octanol–water partition coefficient (Wildman–Crippen LogP) is -0.461. The number of ether oxygens (including phenoxy) is 1. The highest BCUT2D eigenvalue weighted by Crippen LogP contribution is 2.24. The van der Waals surface area contributed by atoms with Crippen molar-refractivity contribution in [3.8, 4) is 0 Å². The van der Waals surface area contributed by atoms with Gasteiger partial charge in [0.2, 0.25) is 0 Å². The van der Waals surface area contributed by atoms with Crippen LogP contribution in [0.5, 0.6) is 0 Å². The van der Waals surface area contributed by atoms with E-state index < -0.39 is 5.97 Å². The minimum Gasteiger partial charge on any atom is -0.476 e. The molecule has 1 amide bonds. The molecular formula is C11H14N4O4. The minimum absolute atomic E-state index is 0.00551. The number of carboxylic acid groups (broad SMARTS) is 1. The molecule has 3 rings (SSSR count). The summed E-state index contributed by atoms with van der Waals surface area (Å²) in [5.41, 5.74) is -0.0797. The Hall–Kier alpha value is -1.96. The lowest BCUT2D eigenvalue weighted by atomic mass is 10.1. The van der Waals surface area contributed by atoms with Crippen molar-refractivity contribution in [3.05, 3.63) is 11.9 Å². The quantitative estimate of drug-likeness (QED) is 0.795. The zero-order valence-electron chi connectivity index (χ0n) is 10.2. The van der Waals surface area contributed by atoms with Crippen LogP contribution < -0.4 is 0 Å². The molecule has 0 aromatic carbocycles. The first-order valence-electron chi connectivity index (χ1n) is 6.20. The average Bonchev–Trinajstić information content (AvgIpc) is 2.98. The lowest BCUT2D eigenvalue weighted by Crippen LogP contribution is -2.53. The number of rotatable bonds is 3. The fourth-order valence-corrected chi connectivity index (χ4v) is 2.33. The van der Waals surface area contributed by atoms with Gasteiger partial charge in [0.05, 0.1) is 12.2 Å². The average molecular weight is 266 g/mol. The van der Waals surface area contributed by atoms with Gasteiger partial charge < -0.3 is 14.7 Å². The fraction of sp³-hybridized carbons (Fsp3) is 0.636. The van der Waals surface area contributed by atoms with Crippen molar-refractivity contribution in [2.45, 2.75) is 25.0 Å². The lowest BCUT2D eigenvalue weighted by molar-refractivity contribution is -0.147. The number of hydrogen-bond acceptors (Lipinski definition) is 5. The number of hydrogen-bond donors (Lipinski definition) is 1. The van der Waals surface area contributed by atoms with E-state index in [1.165, 1.54) is 10.9 Å². The Kier molecular flexibility index (Phi) is 2.94. The molecule has 0 aliphatic carbocycles. The highest BCUT2D eigenvalue weighted by Gasteiger charge is 2.37. The third kappa shape index (κ3) is 2.19. The maximum absolute atomic E-state index is 12.0. The molecule has 1 atom stereocenters. The highest BCUT2D eigenvalue weighted by molar-refractivity contribution is 5.84. The second-order valence-electron chi connectivity index (χ2n) is 4.79. The van der Waals surface area contributed by atoms with Crippen LogP contribution in [0.1, 0.15) is 29.4 Å². The topological polar surface area (TPSA) is 97.5 Å². The molecular weight excluding hydrogens is 252 g/mol. The maximum atomic E-state index is 12.0. The van der Waals surface area contributed by atoms with E-state index in [0.29, 0.717) is 19.7 Å². The van der Waals surface area contributed by atoms with Crippen LogP contribution in [-0.2, 0) is 9.53 Å². The van der Waals surface area contributed by atoms with Crippen LogP contribution in [0.25, 0.3) is 0 Å². The summed E-state index contributed by atoms with van der Waals surface area (Å²) in [7, 11) is 0.